The molecule has 1 saturated carbocycles. The third kappa shape index (κ3) is 5.27. The van der Waals surface area contributed by atoms with Crippen molar-refractivity contribution < 1.29 is 14.3 Å². The lowest BCUT2D eigenvalue weighted by atomic mass is 9.81. The number of nitrogens with one attached hydrogen (secondary N) is 2. The third-order valence-corrected chi connectivity index (χ3v) is 4.68. The lowest BCUT2D eigenvalue weighted by molar-refractivity contribution is -0.130. The number of amides is 2. The van der Waals surface area contributed by atoms with E-state index in [2.05, 4.69) is 24.5 Å². The molecule has 1 saturated heterocycles. The van der Waals surface area contributed by atoms with Gasteiger partial charge in [-0.05, 0) is 44.4 Å². The summed E-state index contributed by atoms with van der Waals surface area (Å²) in [6, 6.07) is 0. The number of ether oxygens (including phenoxy) is 1. The minimum Gasteiger partial charge on any atom is -0.376 e. The van der Waals surface area contributed by atoms with Crippen molar-refractivity contribution in [1.29, 1.82) is 0 Å². The summed E-state index contributed by atoms with van der Waals surface area (Å²) in [7, 11) is 0. The molecule has 0 aromatic carbocycles. The summed E-state index contributed by atoms with van der Waals surface area (Å²) >= 11 is 0. The van der Waals surface area contributed by atoms with Gasteiger partial charge in [0.15, 0.2) is 0 Å². The molecule has 0 aromatic heterocycles. The molecule has 126 valence electrons. The fraction of sp³-hybridized carbons (Fsp3) is 0.882. The molecule has 1 aliphatic heterocycles. The van der Waals surface area contributed by atoms with Crippen LogP contribution in [0, 0.1) is 17.8 Å². The first-order valence-corrected chi connectivity index (χ1v) is 8.73. The van der Waals surface area contributed by atoms with Crippen LogP contribution < -0.4 is 10.6 Å². The van der Waals surface area contributed by atoms with E-state index in [4.69, 9.17) is 4.74 Å². The Morgan fingerprint density at radius 3 is 2.09 bits per heavy atom. The van der Waals surface area contributed by atoms with Gasteiger partial charge >= 0.3 is 0 Å². The minimum absolute atomic E-state index is 0.0653. The highest BCUT2D eigenvalue weighted by Crippen LogP contribution is 2.29. The van der Waals surface area contributed by atoms with E-state index < -0.39 is 0 Å². The van der Waals surface area contributed by atoms with Gasteiger partial charge in [-0.25, -0.2) is 0 Å². The molecule has 0 radical (unpaired) electrons. The van der Waals surface area contributed by atoms with Gasteiger partial charge in [-0.15, -0.1) is 0 Å². The zero-order chi connectivity index (χ0) is 15.9. The summed E-state index contributed by atoms with van der Waals surface area (Å²) in [4.78, 5) is 24.2. The summed E-state index contributed by atoms with van der Waals surface area (Å²) in [6.07, 6.45) is 5.61. The highest BCUT2D eigenvalue weighted by atomic mass is 16.5. The highest BCUT2D eigenvalue weighted by molar-refractivity contribution is 5.81. The Morgan fingerprint density at radius 1 is 1.00 bits per heavy atom. The first-order valence-electron chi connectivity index (χ1n) is 8.73. The molecule has 2 N–H and O–H groups in total. The Hall–Kier alpha value is -1.10. The predicted octanol–water partition coefficient (Wildman–Crippen LogP) is 1.86. The number of carbonyl (C=O) groups is 2. The molecule has 2 amide bonds. The molecule has 2 fully saturated rings. The van der Waals surface area contributed by atoms with Crippen molar-refractivity contribution in [2.24, 2.45) is 17.8 Å². The molecule has 1 unspecified atom stereocenters. The molecule has 2 rings (SSSR count). The van der Waals surface area contributed by atoms with Crippen LogP contribution >= 0.6 is 0 Å². The second-order valence-corrected chi connectivity index (χ2v) is 7.07. The summed E-state index contributed by atoms with van der Waals surface area (Å²) in [5.41, 5.74) is 0. The first-order chi connectivity index (χ1) is 10.6. The van der Waals surface area contributed by atoms with Gasteiger partial charge in [-0.2, -0.15) is 0 Å². The molecule has 5 nitrogen and oxygen atoms in total. The first kappa shape index (κ1) is 17.3. The molecule has 2 aliphatic rings. The van der Waals surface area contributed by atoms with Crippen molar-refractivity contribution in [3.63, 3.8) is 0 Å². The van der Waals surface area contributed by atoms with Crippen molar-refractivity contribution in [3.05, 3.63) is 0 Å². The Labute approximate surface area is 133 Å². The molecule has 1 heterocycles. The summed E-state index contributed by atoms with van der Waals surface area (Å²) in [5.74, 6) is 0.920. The van der Waals surface area contributed by atoms with Crippen molar-refractivity contribution in [3.8, 4) is 0 Å². The van der Waals surface area contributed by atoms with E-state index in [0.29, 0.717) is 12.5 Å². The van der Waals surface area contributed by atoms with Gasteiger partial charge in [0, 0.05) is 31.5 Å². The second-order valence-electron chi connectivity index (χ2n) is 7.07. The Morgan fingerprint density at radius 2 is 1.59 bits per heavy atom. The van der Waals surface area contributed by atoms with Crippen LogP contribution in [0.5, 0.6) is 0 Å². The van der Waals surface area contributed by atoms with Gasteiger partial charge in [0.1, 0.15) is 0 Å². The molecular formula is C17H30N2O3. The zero-order valence-electron chi connectivity index (χ0n) is 13.9. The van der Waals surface area contributed by atoms with E-state index in [1.165, 1.54) is 0 Å². The van der Waals surface area contributed by atoms with Gasteiger partial charge in [-0.3, -0.25) is 9.59 Å². The van der Waals surface area contributed by atoms with E-state index in [0.717, 1.165) is 51.7 Å². The molecule has 22 heavy (non-hydrogen) atoms. The maximum atomic E-state index is 12.2. The molecule has 5 heteroatoms. The minimum atomic E-state index is 0.0653. The van der Waals surface area contributed by atoms with E-state index >= 15 is 0 Å². The van der Waals surface area contributed by atoms with Crippen LogP contribution in [0.3, 0.4) is 0 Å². The van der Waals surface area contributed by atoms with Crippen molar-refractivity contribution in [2.75, 3.05) is 19.7 Å². The molecule has 0 spiro atoms. The molecule has 0 bridgehead atoms. The van der Waals surface area contributed by atoms with Gasteiger partial charge < -0.3 is 15.4 Å². The van der Waals surface area contributed by atoms with Crippen molar-refractivity contribution in [1.82, 2.24) is 10.6 Å². The predicted molar refractivity (Wildman–Crippen MR) is 85.3 cm³/mol. The topological polar surface area (TPSA) is 67.4 Å². The van der Waals surface area contributed by atoms with Crippen LogP contribution in [-0.2, 0) is 14.3 Å². The average Bonchev–Trinajstić information content (AvgIpc) is 3.03. The highest BCUT2D eigenvalue weighted by Gasteiger charge is 2.30. The third-order valence-electron chi connectivity index (χ3n) is 4.68. The fourth-order valence-electron chi connectivity index (χ4n) is 3.23. The van der Waals surface area contributed by atoms with Crippen LogP contribution in [0.15, 0.2) is 0 Å². The van der Waals surface area contributed by atoms with Gasteiger partial charge in [-0.1, -0.05) is 13.8 Å². The number of hydrogen-bond donors (Lipinski definition) is 2. The molecule has 0 aromatic rings. The monoisotopic (exact) mass is 310 g/mol. The van der Waals surface area contributed by atoms with Crippen molar-refractivity contribution in [2.45, 2.75) is 58.5 Å². The smallest absolute Gasteiger partial charge is 0.223 e. The maximum absolute atomic E-state index is 12.2. The quantitative estimate of drug-likeness (QED) is 0.787. The summed E-state index contributed by atoms with van der Waals surface area (Å²) in [6.45, 7) is 6.37. The Balaban J connectivity index is 1.65. The standard InChI is InChI=1S/C17H30N2O3/c1-12(2)10-18-16(20)13-5-7-14(8-6-13)17(21)19-11-15-4-3-9-22-15/h12-15H,3-11H2,1-2H3,(H,18,20)(H,19,21). The van der Waals surface area contributed by atoms with Crippen LogP contribution in [0.4, 0.5) is 0 Å². The van der Waals surface area contributed by atoms with Gasteiger partial charge in [0.2, 0.25) is 11.8 Å². The molecule has 1 atom stereocenters. The lowest BCUT2D eigenvalue weighted by Gasteiger charge is -2.27. The molecule has 1 aliphatic carbocycles. The fourth-order valence-corrected chi connectivity index (χ4v) is 3.23. The zero-order valence-corrected chi connectivity index (χ0v) is 13.9. The average molecular weight is 310 g/mol. The van der Waals surface area contributed by atoms with E-state index in [1.807, 2.05) is 0 Å². The normalized spacial score (nSPS) is 28.6. The van der Waals surface area contributed by atoms with Gasteiger partial charge in [0.25, 0.3) is 0 Å². The van der Waals surface area contributed by atoms with E-state index in [9.17, 15) is 9.59 Å². The maximum Gasteiger partial charge on any atom is 0.223 e. The van der Waals surface area contributed by atoms with E-state index in [1.54, 1.807) is 0 Å². The second kappa shape index (κ2) is 8.51. The van der Waals surface area contributed by atoms with Gasteiger partial charge in [0.05, 0.1) is 6.10 Å². The number of rotatable bonds is 6. The largest absolute Gasteiger partial charge is 0.376 e. The molecular weight excluding hydrogens is 280 g/mol. The Kier molecular flexibility index (Phi) is 6.68. The lowest BCUT2D eigenvalue weighted by Crippen LogP contribution is -2.40. The Bertz CT molecular complexity index is 370. The van der Waals surface area contributed by atoms with E-state index in [-0.39, 0.29) is 29.8 Å². The number of carbonyl (C=O) groups excluding carboxylic acids is 2. The SMILES string of the molecule is CC(C)CNC(=O)C1CCC(C(=O)NCC2CCCO2)CC1. The summed E-state index contributed by atoms with van der Waals surface area (Å²) < 4.78 is 5.52. The van der Waals surface area contributed by atoms with Crippen LogP contribution in [-0.4, -0.2) is 37.6 Å². The van der Waals surface area contributed by atoms with Crippen LogP contribution in [0.1, 0.15) is 52.4 Å². The van der Waals surface area contributed by atoms with Crippen LogP contribution in [0.2, 0.25) is 0 Å². The van der Waals surface area contributed by atoms with Crippen molar-refractivity contribution >= 4 is 11.8 Å². The number of hydrogen-bond acceptors (Lipinski definition) is 3. The summed E-state index contributed by atoms with van der Waals surface area (Å²) in [5, 5.41) is 6.02. The van der Waals surface area contributed by atoms with Crippen LogP contribution in [0.25, 0.3) is 0 Å².